The van der Waals surface area contributed by atoms with Gasteiger partial charge in [0, 0.05) is 11.6 Å². The largest absolute Gasteiger partial charge is 0.324 e. The topological polar surface area (TPSA) is 26.0 Å². The third-order valence-electron chi connectivity index (χ3n) is 3.58. The van der Waals surface area contributed by atoms with Gasteiger partial charge >= 0.3 is 0 Å². The van der Waals surface area contributed by atoms with Crippen molar-refractivity contribution in [2.75, 3.05) is 0 Å². The van der Waals surface area contributed by atoms with Gasteiger partial charge < -0.3 is 5.73 Å². The molecule has 1 aliphatic carbocycles. The van der Waals surface area contributed by atoms with E-state index >= 15 is 0 Å². The van der Waals surface area contributed by atoms with Crippen molar-refractivity contribution in [2.24, 2.45) is 11.7 Å². The highest BCUT2D eigenvalue weighted by molar-refractivity contribution is 5.24. The normalized spacial score (nSPS) is 19.3. The Bertz CT molecular complexity index is 400. The van der Waals surface area contributed by atoms with Crippen molar-refractivity contribution in [3.8, 4) is 0 Å². The Balaban J connectivity index is 2.24. The van der Waals surface area contributed by atoms with E-state index in [1.807, 2.05) is 0 Å². The summed E-state index contributed by atoms with van der Waals surface area (Å²) >= 11 is 0. The van der Waals surface area contributed by atoms with Crippen LogP contribution in [0.4, 0.5) is 13.2 Å². The Morgan fingerprint density at radius 2 is 1.65 bits per heavy atom. The lowest BCUT2D eigenvalue weighted by Gasteiger charge is -2.28. The molecule has 1 aromatic carbocycles. The van der Waals surface area contributed by atoms with Crippen LogP contribution in [-0.4, -0.2) is 0 Å². The van der Waals surface area contributed by atoms with Crippen molar-refractivity contribution in [1.29, 1.82) is 0 Å². The van der Waals surface area contributed by atoms with E-state index in [0.29, 0.717) is 0 Å². The van der Waals surface area contributed by atoms with E-state index in [4.69, 9.17) is 5.73 Å². The Kier molecular flexibility index (Phi) is 3.72. The maximum absolute atomic E-state index is 13.6. The van der Waals surface area contributed by atoms with Crippen LogP contribution in [-0.2, 0) is 0 Å². The zero-order valence-corrected chi connectivity index (χ0v) is 9.56. The van der Waals surface area contributed by atoms with Crippen LogP contribution in [0.25, 0.3) is 0 Å². The van der Waals surface area contributed by atoms with Gasteiger partial charge in [0.25, 0.3) is 0 Å². The first-order valence-corrected chi connectivity index (χ1v) is 6.00. The fourth-order valence-corrected chi connectivity index (χ4v) is 2.55. The van der Waals surface area contributed by atoms with Crippen molar-refractivity contribution < 1.29 is 13.2 Å². The van der Waals surface area contributed by atoms with Gasteiger partial charge in [0.1, 0.15) is 0 Å². The maximum atomic E-state index is 13.6. The zero-order valence-electron chi connectivity index (χ0n) is 9.56. The number of halogens is 3. The summed E-state index contributed by atoms with van der Waals surface area (Å²) in [6.07, 6.45) is 5.18. The first-order chi connectivity index (χ1) is 8.11. The summed E-state index contributed by atoms with van der Waals surface area (Å²) in [6, 6.07) is 1.66. The molecule has 2 N–H and O–H groups in total. The van der Waals surface area contributed by atoms with Crippen molar-refractivity contribution in [2.45, 2.75) is 38.1 Å². The van der Waals surface area contributed by atoms with E-state index < -0.39 is 23.5 Å². The number of hydrogen-bond acceptors (Lipinski definition) is 1. The van der Waals surface area contributed by atoms with E-state index in [1.165, 1.54) is 12.5 Å². The monoisotopic (exact) mass is 243 g/mol. The molecule has 0 amide bonds. The van der Waals surface area contributed by atoms with Crippen molar-refractivity contribution in [3.05, 3.63) is 35.1 Å². The molecular formula is C13H16F3N. The lowest BCUT2D eigenvalue weighted by molar-refractivity contribution is 0.300. The molecule has 0 unspecified atom stereocenters. The van der Waals surface area contributed by atoms with Gasteiger partial charge in [-0.1, -0.05) is 25.3 Å². The number of hydrogen-bond donors (Lipinski definition) is 1. The first-order valence-electron chi connectivity index (χ1n) is 6.00. The molecule has 1 aliphatic rings. The molecule has 1 atom stereocenters. The Hall–Kier alpha value is -1.03. The van der Waals surface area contributed by atoms with Crippen LogP contribution in [0.3, 0.4) is 0 Å². The molecule has 1 saturated carbocycles. The van der Waals surface area contributed by atoms with E-state index in [-0.39, 0.29) is 11.5 Å². The number of benzene rings is 1. The van der Waals surface area contributed by atoms with Crippen LogP contribution in [0.1, 0.15) is 43.7 Å². The summed E-state index contributed by atoms with van der Waals surface area (Å²) in [6.45, 7) is 0. The minimum absolute atomic E-state index is 0.0933. The smallest absolute Gasteiger partial charge is 0.194 e. The molecule has 0 saturated heterocycles. The molecule has 1 aromatic rings. The first kappa shape index (κ1) is 12.4. The van der Waals surface area contributed by atoms with Crippen LogP contribution >= 0.6 is 0 Å². The van der Waals surface area contributed by atoms with Gasteiger partial charge in [0.2, 0.25) is 0 Å². The Labute approximate surface area is 98.8 Å². The maximum Gasteiger partial charge on any atom is 0.194 e. The van der Waals surface area contributed by atoms with Gasteiger partial charge in [-0.05, 0) is 24.8 Å². The average molecular weight is 243 g/mol. The van der Waals surface area contributed by atoms with Crippen LogP contribution < -0.4 is 5.73 Å². The second-order valence-corrected chi connectivity index (χ2v) is 4.69. The molecule has 0 heterocycles. The zero-order chi connectivity index (χ0) is 12.4. The van der Waals surface area contributed by atoms with Crippen molar-refractivity contribution in [3.63, 3.8) is 0 Å². The van der Waals surface area contributed by atoms with Crippen LogP contribution in [0.5, 0.6) is 0 Å². The molecule has 94 valence electrons. The lowest BCUT2D eigenvalue weighted by Crippen LogP contribution is -2.25. The van der Waals surface area contributed by atoms with Crippen LogP contribution in [0, 0.1) is 23.4 Å². The highest BCUT2D eigenvalue weighted by Gasteiger charge is 2.26. The van der Waals surface area contributed by atoms with Crippen molar-refractivity contribution in [1.82, 2.24) is 0 Å². The van der Waals surface area contributed by atoms with Crippen LogP contribution in [0.15, 0.2) is 12.1 Å². The highest BCUT2D eigenvalue weighted by Crippen LogP contribution is 2.34. The van der Waals surface area contributed by atoms with E-state index in [9.17, 15) is 13.2 Å². The third kappa shape index (κ3) is 2.46. The van der Waals surface area contributed by atoms with Crippen LogP contribution in [0.2, 0.25) is 0 Å². The molecule has 0 bridgehead atoms. The molecule has 0 spiro atoms. The molecule has 17 heavy (non-hydrogen) atoms. The lowest BCUT2D eigenvalue weighted by atomic mass is 9.81. The molecule has 0 aliphatic heterocycles. The summed E-state index contributed by atoms with van der Waals surface area (Å²) in [7, 11) is 0. The quantitative estimate of drug-likeness (QED) is 0.788. The average Bonchev–Trinajstić information content (AvgIpc) is 2.36. The minimum atomic E-state index is -1.42. The van der Waals surface area contributed by atoms with Crippen molar-refractivity contribution >= 4 is 0 Å². The summed E-state index contributed by atoms with van der Waals surface area (Å²) in [5.74, 6) is -3.55. The summed E-state index contributed by atoms with van der Waals surface area (Å²) in [4.78, 5) is 0. The van der Waals surface area contributed by atoms with Gasteiger partial charge in [-0.2, -0.15) is 0 Å². The standard InChI is InChI=1S/C13H16F3N/c14-10-7-6-9(11(15)12(10)16)13(17)8-4-2-1-3-5-8/h6-8,13H,1-5,17H2/t13-/m1/s1. The molecule has 0 radical (unpaired) electrons. The number of nitrogens with two attached hydrogens (primary N) is 1. The molecule has 4 heteroatoms. The van der Waals surface area contributed by atoms with Gasteiger partial charge in [-0.25, -0.2) is 13.2 Å². The van der Waals surface area contributed by atoms with Gasteiger partial charge in [0.05, 0.1) is 0 Å². The second kappa shape index (κ2) is 5.08. The van der Waals surface area contributed by atoms with Gasteiger partial charge in [-0.3, -0.25) is 0 Å². The predicted octanol–water partition coefficient (Wildman–Crippen LogP) is 3.68. The van der Waals surface area contributed by atoms with E-state index in [1.54, 1.807) is 0 Å². The van der Waals surface area contributed by atoms with E-state index in [0.717, 1.165) is 31.7 Å². The highest BCUT2D eigenvalue weighted by atomic mass is 19.2. The summed E-state index contributed by atoms with van der Waals surface area (Å²) in [5.41, 5.74) is 6.05. The summed E-state index contributed by atoms with van der Waals surface area (Å²) in [5, 5.41) is 0. The molecule has 1 fully saturated rings. The molecular weight excluding hydrogens is 227 g/mol. The Morgan fingerprint density at radius 1 is 1.00 bits per heavy atom. The van der Waals surface area contributed by atoms with Gasteiger partial charge in [-0.15, -0.1) is 0 Å². The Morgan fingerprint density at radius 3 is 2.29 bits per heavy atom. The second-order valence-electron chi connectivity index (χ2n) is 4.69. The molecule has 2 rings (SSSR count). The molecule has 0 aromatic heterocycles. The summed E-state index contributed by atoms with van der Waals surface area (Å²) < 4.78 is 39.5. The predicted molar refractivity (Wildman–Crippen MR) is 59.8 cm³/mol. The fourth-order valence-electron chi connectivity index (χ4n) is 2.55. The van der Waals surface area contributed by atoms with Gasteiger partial charge in [0.15, 0.2) is 17.5 Å². The minimum Gasteiger partial charge on any atom is -0.324 e. The number of rotatable bonds is 2. The van der Waals surface area contributed by atoms with E-state index in [2.05, 4.69) is 0 Å². The molecule has 1 nitrogen and oxygen atoms in total. The third-order valence-corrected chi connectivity index (χ3v) is 3.58. The fraction of sp³-hybridized carbons (Fsp3) is 0.538. The SMILES string of the molecule is N[C@@H](c1ccc(F)c(F)c1F)C1CCCCC1.